The average Bonchev–Trinajstić information content (AvgIpc) is 3.07. The van der Waals surface area contributed by atoms with Crippen molar-refractivity contribution in [2.45, 2.75) is 19.0 Å². The number of aromatic nitrogens is 1. The van der Waals surface area contributed by atoms with Crippen molar-refractivity contribution in [3.05, 3.63) is 41.9 Å². The van der Waals surface area contributed by atoms with Crippen LogP contribution in [0.25, 0.3) is 10.9 Å². The Kier molecular flexibility index (Phi) is 4.12. The largest absolute Gasteiger partial charge is 0.497 e. The van der Waals surface area contributed by atoms with E-state index < -0.39 is 15.9 Å². The Hall–Kier alpha value is -2.28. The lowest BCUT2D eigenvalue weighted by molar-refractivity contribution is -0.121. The highest BCUT2D eigenvalue weighted by molar-refractivity contribution is 7.94. The molecule has 6 nitrogen and oxygen atoms in total. The van der Waals surface area contributed by atoms with Gasteiger partial charge >= 0.3 is 0 Å². The molecule has 7 heteroatoms. The summed E-state index contributed by atoms with van der Waals surface area (Å²) in [5, 5.41) is 4.93. The Morgan fingerprint density at radius 2 is 2.22 bits per heavy atom. The Morgan fingerprint density at radius 1 is 1.39 bits per heavy atom. The molecule has 1 N–H and O–H groups in total. The molecule has 3 rings (SSSR count). The fourth-order valence-electron chi connectivity index (χ4n) is 2.67. The summed E-state index contributed by atoms with van der Waals surface area (Å²) in [6.45, 7) is 0.533. The lowest BCUT2D eigenvalue weighted by Gasteiger charge is -2.11. The minimum absolute atomic E-state index is 0.0506. The van der Waals surface area contributed by atoms with Crippen molar-refractivity contribution in [1.82, 2.24) is 9.88 Å². The monoisotopic (exact) mass is 334 g/mol. The summed E-state index contributed by atoms with van der Waals surface area (Å²) in [5.74, 6) is 0.583. The van der Waals surface area contributed by atoms with E-state index in [4.69, 9.17) is 4.74 Å². The first-order valence-electron chi connectivity index (χ1n) is 7.30. The van der Waals surface area contributed by atoms with E-state index in [9.17, 15) is 13.2 Å². The molecule has 1 aromatic heterocycles. The van der Waals surface area contributed by atoms with E-state index in [1.165, 1.54) is 6.08 Å². The second kappa shape index (κ2) is 6.08. The number of sulfone groups is 1. The third-order valence-corrected chi connectivity index (χ3v) is 5.23. The fraction of sp³-hybridized carbons (Fsp3) is 0.312. The summed E-state index contributed by atoms with van der Waals surface area (Å²) in [6.07, 6.45) is 3.74. The van der Waals surface area contributed by atoms with Gasteiger partial charge in [0.1, 0.15) is 5.75 Å². The molecule has 0 unspecified atom stereocenters. The van der Waals surface area contributed by atoms with Crippen LogP contribution in [0, 0.1) is 0 Å². The molecule has 0 aliphatic carbocycles. The first-order valence-corrected chi connectivity index (χ1v) is 9.01. The van der Waals surface area contributed by atoms with E-state index in [1.807, 2.05) is 35.0 Å². The SMILES string of the molecule is COc1ccc2c(ccn2CCC(=O)N[C@H]2C=CS(=O)(=O)C2)c1. The van der Waals surface area contributed by atoms with E-state index in [0.717, 1.165) is 22.1 Å². The number of amides is 1. The maximum atomic E-state index is 12.0. The van der Waals surface area contributed by atoms with Crippen LogP contribution in [0.1, 0.15) is 6.42 Å². The van der Waals surface area contributed by atoms with Crippen LogP contribution in [0.5, 0.6) is 5.75 Å². The highest BCUT2D eigenvalue weighted by Crippen LogP contribution is 2.22. The van der Waals surface area contributed by atoms with Crippen molar-refractivity contribution >= 4 is 26.6 Å². The maximum Gasteiger partial charge on any atom is 0.222 e. The van der Waals surface area contributed by atoms with Crippen LogP contribution in [-0.4, -0.2) is 37.8 Å². The van der Waals surface area contributed by atoms with Gasteiger partial charge in [0.15, 0.2) is 9.84 Å². The summed E-state index contributed by atoms with van der Waals surface area (Å²) < 4.78 is 29.8. The van der Waals surface area contributed by atoms with E-state index in [2.05, 4.69) is 5.32 Å². The molecule has 0 radical (unpaired) electrons. The van der Waals surface area contributed by atoms with Crippen molar-refractivity contribution < 1.29 is 17.9 Å². The maximum absolute atomic E-state index is 12.0. The highest BCUT2D eigenvalue weighted by atomic mass is 32.2. The third-order valence-electron chi connectivity index (χ3n) is 3.83. The van der Waals surface area contributed by atoms with E-state index in [-0.39, 0.29) is 11.7 Å². The van der Waals surface area contributed by atoms with Crippen LogP contribution >= 0.6 is 0 Å². The summed E-state index contributed by atoms with van der Waals surface area (Å²) in [5.41, 5.74) is 1.03. The smallest absolute Gasteiger partial charge is 0.222 e. The first kappa shape index (κ1) is 15.6. The van der Waals surface area contributed by atoms with Crippen molar-refractivity contribution in [3.63, 3.8) is 0 Å². The molecule has 0 saturated carbocycles. The van der Waals surface area contributed by atoms with Crippen LogP contribution in [0.15, 0.2) is 41.9 Å². The van der Waals surface area contributed by atoms with E-state index >= 15 is 0 Å². The minimum Gasteiger partial charge on any atom is -0.497 e. The molecule has 23 heavy (non-hydrogen) atoms. The second-order valence-corrected chi connectivity index (χ2v) is 7.45. The quantitative estimate of drug-likeness (QED) is 0.898. The van der Waals surface area contributed by atoms with Crippen molar-refractivity contribution in [2.75, 3.05) is 12.9 Å². The first-order chi connectivity index (χ1) is 11.0. The molecule has 1 atom stereocenters. The standard InChI is InChI=1S/C16H18N2O4S/c1-22-14-2-3-15-12(10-14)4-7-18(15)8-5-16(19)17-13-6-9-23(20,21)11-13/h2-4,6-7,9-10,13H,5,8,11H2,1H3,(H,17,19)/t13-/m0/s1. The molecule has 2 heterocycles. The molecule has 1 amide bonds. The topological polar surface area (TPSA) is 77.4 Å². The lowest BCUT2D eigenvalue weighted by Crippen LogP contribution is -2.35. The van der Waals surface area contributed by atoms with Crippen LogP contribution in [-0.2, 0) is 21.2 Å². The molecule has 0 fully saturated rings. The Balaban J connectivity index is 1.60. The molecule has 0 bridgehead atoms. The Labute approximate surface area is 134 Å². The highest BCUT2D eigenvalue weighted by Gasteiger charge is 2.22. The summed E-state index contributed by atoms with van der Waals surface area (Å²) in [4.78, 5) is 12.0. The van der Waals surface area contributed by atoms with Crippen LogP contribution in [0.4, 0.5) is 0 Å². The van der Waals surface area contributed by atoms with E-state index in [0.29, 0.717) is 13.0 Å². The van der Waals surface area contributed by atoms with Gasteiger partial charge in [-0.05, 0) is 30.3 Å². The Bertz CT molecular complexity index is 867. The number of aryl methyl sites for hydroxylation is 1. The predicted octanol–water partition coefficient (Wildman–Crippen LogP) is 1.47. The van der Waals surface area contributed by atoms with Gasteiger partial charge < -0.3 is 14.6 Å². The number of carbonyl (C=O) groups excluding carboxylic acids is 1. The minimum atomic E-state index is -3.15. The molecular formula is C16H18N2O4S. The van der Waals surface area contributed by atoms with Crippen LogP contribution in [0.2, 0.25) is 0 Å². The molecule has 1 aliphatic heterocycles. The van der Waals surface area contributed by atoms with Gasteiger partial charge in [-0.2, -0.15) is 0 Å². The summed E-state index contributed by atoms with van der Waals surface area (Å²) in [6, 6.07) is 7.34. The number of hydrogen-bond donors (Lipinski definition) is 1. The average molecular weight is 334 g/mol. The number of methoxy groups -OCH3 is 1. The zero-order valence-electron chi connectivity index (χ0n) is 12.7. The van der Waals surface area contributed by atoms with Crippen molar-refractivity contribution in [2.24, 2.45) is 0 Å². The molecule has 122 valence electrons. The van der Waals surface area contributed by atoms with Crippen LogP contribution in [0.3, 0.4) is 0 Å². The third kappa shape index (κ3) is 3.56. The molecule has 1 aliphatic rings. The van der Waals surface area contributed by atoms with Gasteiger partial charge in [0.05, 0.1) is 18.9 Å². The zero-order valence-corrected chi connectivity index (χ0v) is 13.5. The summed E-state index contributed by atoms with van der Waals surface area (Å²) in [7, 11) is -1.52. The normalized spacial score (nSPS) is 19.1. The predicted molar refractivity (Wildman–Crippen MR) is 88.0 cm³/mol. The van der Waals surface area contributed by atoms with Gasteiger partial charge in [-0.15, -0.1) is 0 Å². The van der Waals surface area contributed by atoms with Gasteiger partial charge in [0.2, 0.25) is 5.91 Å². The summed E-state index contributed by atoms with van der Waals surface area (Å²) >= 11 is 0. The number of rotatable bonds is 5. The van der Waals surface area contributed by atoms with Gasteiger partial charge in [0, 0.05) is 35.5 Å². The van der Waals surface area contributed by atoms with E-state index in [1.54, 1.807) is 7.11 Å². The molecule has 2 aromatic rings. The number of fused-ring (bicyclic) bond motifs is 1. The van der Waals surface area contributed by atoms with Gasteiger partial charge in [0.25, 0.3) is 0 Å². The van der Waals surface area contributed by atoms with Gasteiger partial charge in [-0.25, -0.2) is 8.42 Å². The number of nitrogens with one attached hydrogen (secondary N) is 1. The second-order valence-electron chi connectivity index (χ2n) is 5.52. The molecule has 0 saturated heterocycles. The number of carbonyl (C=O) groups is 1. The number of ether oxygens (including phenoxy) is 1. The lowest BCUT2D eigenvalue weighted by atomic mass is 10.2. The molecular weight excluding hydrogens is 316 g/mol. The van der Waals surface area contributed by atoms with Crippen LogP contribution < -0.4 is 10.1 Å². The fourth-order valence-corrected chi connectivity index (χ4v) is 3.90. The Morgan fingerprint density at radius 3 is 2.91 bits per heavy atom. The van der Waals surface area contributed by atoms with Gasteiger partial charge in [-0.3, -0.25) is 4.79 Å². The van der Waals surface area contributed by atoms with Crippen molar-refractivity contribution in [1.29, 1.82) is 0 Å². The number of benzene rings is 1. The molecule has 1 aromatic carbocycles. The number of hydrogen-bond acceptors (Lipinski definition) is 4. The zero-order chi connectivity index (χ0) is 16.4. The van der Waals surface area contributed by atoms with Gasteiger partial charge in [-0.1, -0.05) is 0 Å². The molecule has 0 spiro atoms. The van der Waals surface area contributed by atoms with Crippen molar-refractivity contribution in [3.8, 4) is 5.75 Å². The number of nitrogens with zero attached hydrogens (tertiary/aromatic N) is 1.